The van der Waals surface area contributed by atoms with E-state index in [9.17, 15) is 18.0 Å². The highest BCUT2D eigenvalue weighted by atomic mass is 32.2. The van der Waals surface area contributed by atoms with Crippen molar-refractivity contribution in [3.63, 3.8) is 0 Å². The average molecular weight is 443 g/mol. The monoisotopic (exact) mass is 442 g/mol. The van der Waals surface area contributed by atoms with Gasteiger partial charge in [0.25, 0.3) is 0 Å². The second kappa shape index (κ2) is 7.51. The molecule has 4 aliphatic rings. The zero-order valence-electron chi connectivity index (χ0n) is 17.2. The van der Waals surface area contributed by atoms with Gasteiger partial charge in [-0.05, 0) is 80.5 Å². The smallest absolute Gasteiger partial charge is 0.305 e. The third-order valence-corrected chi connectivity index (χ3v) is 8.78. The molecule has 2 amide bonds. The van der Waals surface area contributed by atoms with E-state index in [4.69, 9.17) is 4.42 Å². The summed E-state index contributed by atoms with van der Waals surface area (Å²) in [4.78, 5) is 25.6. The van der Waals surface area contributed by atoms with Crippen molar-refractivity contribution in [2.24, 2.45) is 23.2 Å². The molecule has 4 aliphatic carbocycles. The van der Waals surface area contributed by atoms with Crippen LogP contribution in [0.5, 0.6) is 0 Å². The summed E-state index contributed by atoms with van der Waals surface area (Å²) < 4.78 is 30.4. The molecule has 0 unspecified atom stereocenters. The summed E-state index contributed by atoms with van der Waals surface area (Å²) in [6.07, 6.45) is 6.43. The third-order valence-electron chi connectivity index (χ3n) is 7.13. The Morgan fingerprint density at radius 1 is 0.903 bits per heavy atom. The molecule has 2 N–H and O–H groups in total. The van der Waals surface area contributed by atoms with Crippen molar-refractivity contribution in [1.82, 2.24) is 10.9 Å². The maximum absolute atomic E-state index is 12.9. The summed E-state index contributed by atoms with van der Waals surface area (Å²) in [5, 5.41) is 0. The lowest BCUT2D eigenvalue weighted by molar-refractivity contribution is -0.147. The number of hydrogen-bond acceptors (Lipinski definition) is 5. The van der Waals surface area contributed by atoms with Crippen molar-refractivity contribution in [2.75, 3.05) is 0 Å². The lowest BCUT2D eigenvalue weighted by atomic mass is 9.49. The van der Waals surface area contributed by atoms with Gasteiger partial charge in [-0.2, -0.15) is 0 Å². The van der Waals surface area contributed by atoms with Crippen molar-refractivity contribution >= 4 is 21.7 Å². The molecule has 1 aromatic carbocycles. The van der Waals surface area contributed by atoms with Crippen molar-refractivity contribution in [3.05, 3.63) is 54.0 Å². The molecule has 4 bridgehead atoms. The van der Waals surface area contributed by atoms with Gasteiger partial charge in [0.1, 0.15) is 11.5 Å². The van der Waals surface area contributed by atoms with Gasteiger partial charge in [-0.1, -0.05) is 18.2 Å². The molecule has 0 saturated heterocycles. The molecule has 0 radical (unpaired) electrons. The van der Waals surface area contributed by atoms with Crippen LogP contribution in [0, 0.1) is 23.2 Å². The third kappa shape index (κ3) is 3.89. The number of nitrogens with one attached hydrogen (secondary N) is 2. The zero-order chi connectivity index (χ0) is 21.6. The van der Waals surface area contributed by atoms with Crippen molar-refractivity contribution in [1.29, 1.82) is 0 Å². The fraction of sp³-hybridized carbons (Fsp3) is 0.478. The van der Waals surface area contributed by atoms with Gasteiger partial charge in [-0.3, -0.25) is 20.4 Å². The van der Waals surface area contributed by atoms with Gasteiger partial charge >= 0.3 is 5.91 Å². The molecule has 0 spiro atoms. The fourth-order valence-corrected chi connectivity index (χ4v) is 7.44. The molecule has 2 aromatic rings. The molecule has 8 heteroatoms. The van der Waals surface area contributed by atoms with Crippen LogP contribution in [0.3, 0.4) is 0 Å². The van der Waals surface area contributed by atoms with Crippen LogP contribution in [0.1, 0.15) is 54.8 Å². The number of sulfone groups is 1. The molecule has 0 atom stereocenters. The van der Waals surface area contributed by atoms with Crippen molar-refractivity contribution in [3.8, 4) is 0 Å². The van der Waals surface area contributed by atoms with Crippen LogP contribution in [-0.4, -0.2) is 20.2 Å². The SMILES string of the molecule is O=C(NNC(=O)C12CC3CC(CC(C3)C1)C2)c1ccc(CS(=O)(=O)c2ccccc2)o1. The first-order valence-corrected chi connectivity index (χ1v) is 12.5. The summed E-state index contributed by atoms with van der Waals surface area (Å²) in [5.41, 5.74) is 4.69. The zero-order valence-corrected chi connectivity index (χ0v) is 18.0. The van der Waals surface area contributed by atoms with E-state index in [1.165, 1.54) is 43.5 Å². The van der Waals surface area contributed by atoms with Crippen LogP contribution in [0.25, 0.3) is 0 Å². The summed E-state index contributed by atoms with van der Waals surface area (Å²) in [6.45, 7) is 0. The summed E-state index contributed by atoms with van der Waals surface area (Å²) in [5.74, 6) is 0.972. The van der Waals surface area contributed by atoms with E-state index in [1.807, 2.05) is 0 Å². The Morgan fingerprint density at radius 3 is 2.13 bits per heavy atom. The number of furan rings is 1. The minimum Gasteiger partial charge on any atom is -0.455 e. The quantitative estimate of drug-likeness (QED) is 0.692. The number of hydrogen-bond donors (Lipinski definition) is 2. The highest BCUT2D eigenvalue weighted by Crippen LogP contribution is 2.60. The molecule has 4 fully saturated rings. The van der Waals surface area contributed by atoms with E-state index in [0.717, 1.165) is 19.3 Å². The van der Waals surface area contributed by atoms with Crippen LogP contribution in [0.15, 0.2) is 51.8 Å². The van der Waals surface area contributed by atoms with E-state index in [1.54, 1.807) is 18.2 Å². The lowest BCUT2D eigenvalue weighted by Gasteiger charge is -2.55. The Kier molecular flexibility index (Phi) is 4.92. The number of carbonyl (C=O) groups is 2. The predicted octanol–water partition coefficient (Wildman–Crippen LogP) is 3.23. The highest BCUT2D eigenvalue weighted by molar-refractivity contribution is 7.90. The van der Waals surface area contributed by atoms with Gasteiger partial charge in [0.15, 0.2) is 15.6 Å². The van der Waals surface area contributed by atoms with E-state index in [0.29, 0.717) is 17.8 Å². The van der Waals surface area contributed by atoms with E-state index in [-0.39, 0.29) is 33.5 Å². The topological polar surface area (TPSA) is 105 Å². The Hall–Kier alpha value is -2.61. The maximum Gasteiger partial charge on any atom is 0.305 e. The van der Waals surface area contributed by atoms with Crippen LogP contribution in [0.2, 0.25) is 0 Å². The van der Waals surface area contributed by atoms with Gasteiger partial charge in [0, 0.05) is 0 Å². The number of rotatable bonds is 5. The van der Waals surface area contributed by atoms with Gasteiger partial charge in [0.2, 0.25) is 5.91 Å². The fourth-order valence-electron chi connectivity index (χ4n) is 6.17. The van der Waals surface area contributed by atoms with E-state index in [2.05, 4.69) is 10.9 Å². The normalized spacial score (nSPS) is 29.0. The molecule has 0 aliphatic heterocycles. The number of benzene rings is 1. The summed E-state index contributed by atoms with van der Waals surface area (Å²) >= 11 is 0. The summed E-state index contributed by atoms with van der Waals surface area (Å²) in [7, 11) is -3.57. The number of amides is 2. The molecule has 31 heavy (non-hydrogen) atoms. The molecule has 4 saturated carbocycles. The molecule has 6 rings (SSSR count). The first-order chi connectivity index (χ1) is 14.8. The highest BCUT2D eigenvalue weighted by Gasteiger charge is 2.54. The first-order valence-electron chi connectivity index (χ1n) is 10.8. The van der Waals surface area contributed by atoms with Gasteiger partial charge < -0.3 is 4.42 Å². The van der Waals surface area contributed by atoms with E-state index < -0.39 is 15.7 Å². The summed E-state index contributed by atoms with van der Waals surface area (Å²) in [6, 6.07) is 11.0. The molecular weight excluding hydrogens is 416 g/mol. The maximum atomic E-state index is 12.9. The van der Waals surface area contributed by atoms with Crippen LogP contribution in [-0.2, 0) is 20.4 Å². The number of carbonyl (C=O) groups excluding carboxylic acids is 2. The molecule has 7 nitrogen and oxygen atoms in total. The van der Waals surface area contributed by atoms with E-state index >= 15 is 0 Å². The van der Waals surface area contributed by atoms with Crippen molar-refractivity contribution < 1.29 is 22.4 Å². The van der Waals surface area contributed by atoms with Crippen molar-refractivity contribution in [2.45, 2.75) is 49.2 Å². The Bertz CT molecular complexity index is 1070. The Balaban J connectivity index is 1.20. The van der Waals surface area contributed by atoms with Gasteiger partial charge in [-0.25, -0.2) is 8.42 Å². The standard InChI is InChI=1S/C23H26N2O5S/c26-21(20-7-6-18(30-20)14-31(28,29)19-4-2-1-3-5-19)24-25-22(27)23-11-15-8-16(12-23)10-17(9-15)13-23/h1-7,15-17H,8-14H2,(H,24,26)(H,25,27). The van der Waals surface area contributed by atoms with Crippen LogP contribution < -0.4 is 10.9 Å². The van der Waals surface area contributed by atoms with Crippen LogP contribution >= 0.6 is 0 Å². The second-order valence-electron chi connectivity index (χ2n) is 9.44. The van der Waals surface area contributed by atoms with Gasteiger partial charge in [0.05, 0.1) is 10.3 Å². The Morgan fingerprint density at radius 2 is 1.52 bits per heavy atom. The second-order valence-corrected chi connectivity index (χ2v) is 11.4. The Labute approximate surface area is 181 Å². The average Bonchev–Trinajstić information content (AvgIpc) is 3.19. The molecule has 164 valence electrons. The molecule has 1 aromatic heterocycles. The lowest BCUT2D eigenvalue weighted by Crippen LogP contribution is -2.56. The molecule has 1 heterocycles. The predicted molar refractivity (Wildman–Crippen MR) is 112 cm³/mol. The molecular formula is C23H26N2O5S. The van der Waals surface area contributed by atoms with Gasteiger partial charge in [-0.15, -0.1) is 0 Å². The first kappa shape index (κ1) is 20.3. The number of hydrazine groups is 1. The minimum absolute atomic E-state index is 0.0379. The largest absolute Gasteiger partial charge is 0.455 e. The minimum atomic E-state index is -3.57. The van der Waals surface area contributed by atoms with Crippen LogP contribution in [0.4, 0.5) is 0 Å².